The van der Waals surface area contributed by atoms with Crippen LogP contribution in [0.4, 0.5) is 0 Å². The van der Waals surface area contributed by atoms with Gasteiger partial charge in [-0.2, -0.15) is 0 Å². The van der Waals surface area contributed by atoms with Crippen molar-refractivity contribution in [2.45, 2.75) is 45.3 Å². The van der Waals surface area contributed by atoms with Gasteiger partial charge < -0.3 is 10.2 Å². The molecule has 0 aromatic heterocycles. The summed E-state index contributed by atoms with van der Waals surface area (Å²) in [7, 11) is 0. The van der Waals surface area contributed by atoms with Crippen molar-refractivity contribution in [3.05, 3.63) is 34.9 Å². The predicted octanol–water partition coefficient (Wildman–Crippen LogP) is 2.36. The maximum absolute atomic E-state index is 12.3. The molecule has 0 radical (unpaired) electrons. The summed E-state index contributed by atoms with van der Waals surface area (Å²) >= 11 is 6.15. The van der Waals surface area contributed by atoms with Crippen LogP contribution in [0.15, 0.2) is 24.3 Å². The van der Waals surface area contributed by atoms with Crippen LogP contribution in [-0.2, 0) is 16.1 Å². The molecule has 20 heavy (non-hydrogen) atoms. The Hall–Kier alpha value is -1.55. The van der Waals surface area contributed by atoms with Gasteiger partial charge in [0.15, 0.2) is 0 Å². The van der Waals surface area contributed by atoms with Gasteiger partial charge in [0.2, 0.25) is 11.8 Å². The Kier molecular flexibility index (Phi) is 4.65. The summed E-state index contributed by atoms with van der Waals surface area (Å²) in [4.78, 5) is 26.1. The van der Waals surface area contributed by atoms with Crippen molar-refractivity contribution in [1.82, 2.24) is 10.2 Å². The molecule has 1 heterocycles. The fourth-order valence-corrected chi connectivity index (χ4v) is 2.67. The third kappa shape index (κ3) is 2.96. The molecule has 0 bridgehead atoms. The molecule has 1 aliphatic heterocycles. The van der Waals surface area contributed by atoms with Crippen molar-refractivity contribution >= 4 is 23.4 Å². The van der Waals surface area contributed by atoms with E-state index in [0.29, 0.717) is 18.0 Å². The quantitative estimate of drug-likeness (QED) is 0.927. The first-order valence-corrected chi connectivity index (χ1v) is 7.26. The smallest absolute Gasteiger partial charge is 0.245 e. The summed E-state index contributed by atoms with van der Waals surface area (Å²) in [6, 6.07) is 6.54. The van der Waals surface area contributed by atoms with Crippen LogP contribution >= 0.6 is 11.6 Å². The first-order valence-electron chi connectivity index (χ1n) is 6.88. The van der Waals surface area contributed by atoms with Crippen LogP contribution in [0.3, 0.4) is 0 Å². The number of hydrogen-bond acceptors (Lipinski definition) is 2. The number of benzene rings is 1. The number of carbonyl (C=O) groups is 2. The van der Waals surface area contributed by atoms with Crippen LogP contribution in [0, 0.1) is 0 Å². The van der Waals surface area contributed by atoms with E-state index < -0.39 is 12.1 Å². The number of nitrogens with zero attached hydrogens (tertiary/aromatic N) is 1. The van der Waals surface area contributed by atoms with Crippen LogP contribution in [-0.4, -0.2) is 28.8 Å². The maximum atomic E-state index is 12.3. The molecule has 2 amide bonds. The highest BCUT2D eigenvalue weighted by atomic mass is 35.5. The molecule has 1 N–H and O–H groups in total. The van der Waals surface area contributed by atoms with Crippen LogP contribution in [0.2, 0.25) is 5.02 Å². The summed E-state index contributed by atoms with van der Waals surface area (Å²) in [5, 5.41) is 3.35. The Morgan fingerprint density at radius 1 is 1.30 bits per heavy atom. The summed E-state index contributed by atoms with van der Waals surface area (Å²) in [5.74, 6) is -0.131. The zero-order chi connectivity index (χ0) is 14.7. The van der Waals surface area contributed by atoms with Gasteiger partial charge in [0, 0.05) is 11.6 Å². The van der Waals surface area contributed by atoms with Crippen molar-refractivity contribution in [2.75, 3.05) is 0 Å². The van der Waals surface area contributed by atoms with Gasteiger partial charge in [-0.3, -0.25) is 9.59 Å². The van der Waals surface area contributed by atoms with Gasteiger partial charge in [0.1, 0.15) is 12.1 Å². The molecule has 0 saturated carbocycles. The molecule has 108 valence electrons. The number of rotatable bonds is 4. The molecule has 2 unspecified atom stereocenters. The molecule has 2 rings (SSSR count). The number of carbonyl (C=O) groups excluding carboxylic acids is 2. The van der Waals surface area contributed by atoms with E-state index in [4.69, 9.17) is 11.6 Å². The van der Waals surface area contributed by atoms with Gasteiger partial charge in [-0.25, -0.2) is 0 Å². The minimum atomic E-state index is -0.474. The Morgan fingerprint density at radius 3 is 2.65 bits per heavy atom. The monoisotopic (exact) mass is 294 g/mol. The van der Waals surface area contributed by atoms with Gasteiger partial charge in [0.25, 0.3) is 0 Å². The van der Waals surface area contributed by atoms with E-state index in [0.717, 1.165) is 12.0 Å². The van der Waals surface area contributed by atoms with Crippen LogP contribution in [0.25, 0.3) is 0 Å². The first-order chi connectivity index (χ1) is 9.54. The van der Waals surface area contributed by atoms with Gasteiger partial charge in [-0.05, 0) is 25.0 Å². The molecule has 2 atom stereocenters. The predicted molar refractivity (Wildman–Crippen MR) is 78.3 cm³/mol. The Labute approximate surface area is 124 Å². The highest BCUT2D eigenvalue weighted by Gasteiger charge is 2.37. The van der Waals surface area contributed by atoms with E-state index in [1.54, 1.807) is 17.9 Å². The van der Waals surface area contributed by atoms with Gasteiger partial charge in [-0.1, -0.05) is 43.1 Å². The highest BCUT2D eigenvalue weighted by Crippen LogP contribution is 2.22. The van der Waals surface area contributed by atoms with Crippen LogP contribution in [0.5, 0.6) is 0 Å². The standard InChI is InChI=1S/C15H19ClN2O2/c1-3-6-13-14(19)17-10(2)15(20)18(13)9-11-7-4-5-8-12(11)16/h4-5,7-8,10,13H,3,6,9H2,1-2H3,(H,17,19). The molecular formula is C15H19ClN2O2. The zero-order valence-electron chi connectivity index (χ0n) is 11.7. The van der Waals surface area contributed by atoms with Crippen molar-refractivity contribution in [3.63, 3.8) is 0 Å². The Bertz CT molecular complexity index is 518. The number of amides is 2. The molecule has 1 aliphatic rings. The van der Waals surface area contributed by atoms with Crippen molar-refractivity contribution < 1.29 is 9.59 Å². The average Bonchev–Trinajstić information content (AvgIpc) is 2.42. The lowest BCUT2D eigenvalue weighted by atomic mass is 10.0. The van der Waals surface area contributed by atoms with E-state index in [2.05, 4.69) is 5.32 Å². The second kappa shape index (κ2) is 6.27. The summed E-state index contributed by atoms with van der Waals surface area (Å²) in [6.07, 6.45) is 1.51. The molecule has 1 saturated heterocycles. The van der Waals surface area contributed by atoms with Gasteiger partial charge in [0.05, 0.1) is 0 Å². The van der Waals surface area contributed by atoms with E-state index in [1.807, 2.05) is 25.1 Å². The molecule has 1 aromatic rings. The van der Waals surface area contributed by atoms with E-state index in [9.17, 15) is 9.59 Å². The molecule has 1 aromatic carbocycles. The van der Waals surface area contributed by atoms with Crippen LogP contribution in [0.1, 0.15) is 32.3 Å². The number of halogens is 1. The van der Waals surface area contributed by atoms with Crippen LogP contribution < -0.4 is 5.32 Å². The molecule has 0 spiro atoms. The maximum Gasteiger partial charge on any atom is 0.245 e. The average molecular weight is 295 g/mol. The molecule has 1 fully saturated rings. The van der Waals surface area contributed by atoms with Crippen molar-refractivity contribution in [2.24, 2.45) is 0 Å². The van der Waals surface area contributed by atoms with Gasteiger partial charge >= 0.3 is 0 Å². The largest absolute Gasteiger partial charge is 0.343 e. The topological polar surface area (TPSA) is 49.4 Å². The van der Waals surface area contributed by atoms with Crippen molar-refractivity contribution in [3.8, 4) is 0 Å². The van der Waals surface area contributed by atoms with Gasteiger partial charge in [-0.15, -0.1) is 0 Å². The fourth-order valence-electron chi connectivity index (χ4n) is 2.47. The van der Waals surface area contributed by atoms with E-state index >= 15 is 0 Å². The second-order valence-corrected chi connectivity index (χ2v) is 5.50. The lowest BCUT2D eigenvalue weighted by Gasteiger charge is -2.38. The minimum Gasteiger partial charge on any atom is -0.343 e. The number of nitrogens with one attached hydrogen (secondary N) is 1. The minimum absolute atomic E-state index is 0.0528. The Morgan fingerprint density at radius 2 is 2.00 bits per heavy atom. The lowest BCUT2D eigenvalue weighted by Crippen LogP contribution is -2.61. The molecule has 0 aliphatic carbocycles. The third-order valence-electron chi connectivity index (χ3n) is 3.55. The zero-order valence-corrected chi connectivity index (χ0v) is 12.5. The number of hydrogen-bond donors (Lipinski definition) is 1. The summed E-state index contributed by atoms with van der Waals surface area (Å²) < 4.78 is 0. The lowest BCUT2D eigenvalue weighted by molar-refractivity contribution is -0.149. The SMILES string of the molecule is CCCC1C(=O)NC(C)C(=O)N1Cc1ccccc1Cl. The normalized spacial score (nSPS) is 22.9. The molecular weight excluding hydrogens is 276 g/mol. The molecule has 5 heteroatoms. The Balaban J connectivity index is 2.26. The second-order valence-electron chi connectivity index (χ2n) is 5.09. The highest BCUT2D eigenvalue weighted by molar-refractivity contribution is 6.31. The van der Waals surface area contributed by atoms with E-state index in [1.165, 1.54) is 0 Å². The number of piperazine rings is 1. The van der Waals surface area contributed by atoms with Crippen molar-refractivity contribution in [1.29, 1.82) is 0 Å². The first kappa shape index (κ1) is 14.9. The van der Waals surface area contributed by atoms with E-state index in [-0.39, 0.29) is 11.8 Å². The molecule has 4 nitrogen and oxygen atoms in total. The summed E-state index contributed by atoms with van der Waals surface area (Å²) in [6.45, 7) is 4.09. The third-order valence-corrected chi connectivity index (χ3v) is 3.92. The summed E-state index contributed by atoms with van der Waals surface area (Å²) in [5.41, 5.74) is 0.866. The fraction of sp³-hybridized carbons (Fsp3) is 0.467.